The quantitative estimate of drug-likeness (QED) is 0.451. The molecule has 5 nitrogen and oxygen atoms in total. The number of anilines is 1. The maximum Gasteiger partial charge on any atom is 0.256 e. The van der Waals surface area contributed by atoms with E-state index in [1.807, 2.05) is 74.5 Å². The molecule has 5 heteroatoms. The summed E-state index contributed by atoms with van der Waals surface area (Å²) in [5.74, 6) is 0.972. The maximum absolute atomic E-state index is 13.4. The number of rotatable bonds is 5. The third kappa shape index (κ3) is 4.08. The first-order valence-electron chi connectivity index (χ1n) is 10.0. The number of benzene rings is 3. The van der Waals surface area contributed by atoms with Gasteiger partial charge in [0.05, 0.1) is 31.0 Å². The van der Waals surface area contributed by atoms with E-state index in [1.54, 1.807) is 20.3 Å². The minimum Gasteiger partial charge on any atom is -0.493 e. The fourth-order valence-electron chi connectivity index (χ4n) is 3.54. The Morgan fingerprint density at radius 2 is 1.55 bits per heavy atom. The highest BCUT2D eigenvalue weighted by Gasteiger charge is 2.16. The zero-order valence-corrected chi connectivity index (χ0v) is 18.0. The monoisotopic (exact) mass is 412 g/mol. The Morgan fingerprint density at radius 1 is 0.871 bits per heavy atom. The van der Waals surface area contributed by atoms with Gasteiger partial charge in [-0.1, -0.05) is 48.0 Å². The first-order valence-corrected chi connectivity index (χ1v) is 10.0. The average Bonchev–Trinajstić information content (AvgIpc) is 2.79. The summed E-state index contributed by atoms with van der Waals surface area (Å²) in [7, 11) is 3.16. The minimum atomic E-state index is -0.206. The molecule has 1 aromatic heterocycles. The largest absolute Gasteiger partial charge is 0.493 e. The predicted molar refractivity (Wildman–Crippen MR) is 124 cm³/mol. The third-order valence-corrected chi connectivity index (χ3v) is 5.29. The van der Waals surface area contributed by atoms with Crippen molar-refractivity contribution < 1.29 is 14.3 Å². The number of carbonyl (C=O) groups excluding carboxylic acids is 1. The molecule has 156 valence electrons. The Bertz CT molecular complexity index is 1260. The van der Waals surface area contributed by atoms with Crippen LogP contribution in [0.15, 0.2) is 66.7 Å². The van der Waals surface area contributed by atoms with Crippen molar-refractivity contribution in [2.45, 2.75) is 13.8 Å². The first-order chi connectivity index (χ1) is 15.0. The van der Waals surface area contributed by atoms with Crippen molar-refractivity contribution in [3.63, 3.8) is 0 Å². The molecule has 0 aliphatic heterocycles. The van der Waals surface area contributed by atoms with Crippen molar-refractivity contribution in [2.75, 3.05) is 19.5 Å². The van der Waals surface area contributed by atoms with Crippen LogP contribution >= 0.6 is 0 Å². The van der Waals surface area contributed by atoms with Gasteiger partial charge in [0.1, 0.15) is 0 Å². The van der Waals surface area contributed by atoms with E-state index in [0.29, 0.717) is 22.7 Å². The van der Waals surface area contributed by atoms with Gasteiger partial charge in [0.15, 0.2) is 11.5 Å². The van der Waals surface area contributed by atoms with Crippen LogP contribution in [-0.4, -0.2) is 25.1 Å². The highest BCUT2D eigenvalue weighted by Crippen LogP contribution is 2.33. The second kappa shape index (κ2) is 8.48. The van der Waals surface area contributed by atoms with Gasteiger partial charge in [0, 0.05) is 22.7 Å². The number of nitrogens with zero attached hydrogens (tertiary/aromatic N) is 1. The van der Waals surface area contributed by atoms with Crippen LogP contribution in [-0.2, 0) is 0 Å². The molecule has 0 unspecified atom stereocenters. The van der Waals surface area contributed by atoms with Crippen LogP contribution < -0.4 is 14.8 Å². The van der Waals surface area contributed by atoms with E-state index in [2.05, 4.69) is 5.32 Å². The molecule has 1 N–H and O–H groups in total. The summed E-state index contributed by atoms with van der Waals surface area (Å²) in [6.07, 6.45) is 0. The predicted octanol–water partition coefficient (Wildman–Crippen LogP) is 5.79. The number of nitrogens with one attached hydrogen (secondary N) is 1. The number of aryl methyl sites for hydroxylation is 2. The molecule has 31 heavy (non-hydrogen) atoms. The highest BCUT2D eigenvalue weighted by molar-refractivity contribution is 6.13. The van der Waals surface area contributed by atoms with Gasteiger partial charge in [-0.25, -0.2) is 4.98 Å². The number of pyridine rings is 1. The molecule has 0 atom stereocenters. The topological polar surface area (TPSA) is 60.5 Å². The van der Waals surface area contributed by atoms with E-state index < -0.39 is 0 Å². The van der Waals surface area contributed by atoms with E-state index in [9.17, 15) is 4.79 Å². The second-order valence-electron chi connectivity index (χ2n) is 7.41. The van der Waals surface area contributed by atoms with E-state index >= 15 is 0 Å². The maximum atomic E-state index is 13.4. The van der Waals surface area contributed by atoms with Gasteiger partial charge in [0.2, 0.25) is 0 Å². The van der Waals surface area contributed by atoms with Crippen molar-refractivity contribution >= 4 is 22.5 Å². The molecular weight excluding hydrogens is 388 g/mol. The summed E-state index contributed by atoms with van der Waals surface area (Å²) in [5, 5.41) is 3.83. The van der Waals surface area contributed by atoms with E-state index in [1.165, 1.54) is 5.56 Å². The summed E-state index contributed by atoms with van der Waals surface area (Å²) in [5.41, 5.74) is 5.78. The molecule has 0 aliphatic carbocycles. The Morgan fingerprint density at radius 3 is 2.26 bits per heavy atom. The molecule has 0 saturated heterocycles. The lowest BCUT2D eigenvalue weighted by Gasteiger charge is -2.15. The number of methoxy groups -OCH3 is 2. The first kappa shape index (κ1) is 20.4. The molecule has 4 aromatic rings. The molecule has 0 fully saturated rings. The van der Waals surface area contributed by atoms with Gasteiger partial charge < -0.3 is 14.8 Å². The molecule has 0 aliphatic rings. The minimum absolute atomic E-state index is 0.206. The number of para-hydroxylation sites is 1. The summed E-state index contributed by atoms with van der Waals surface area (Å²) in [6, 6.07) is 21.3. The Labute approximate surface area is 181 Å². The van der Waals surface area contributed by atoms with Crippen LogP contribution in [0.5, 0.6) is 11.5 Å². The summed E-state index contributed by atoms with van der Waals surface area (Å²) in [4.78, 5) is 18.1. The normalized spacial score (nSPS) is 10.7. The lowest BCUT2D eigenvalue weighted by Crippen LogP contribution is -2.14. The Kier molecular flexibility index (Phi) is 5.58. The van der Waals surface area contributed by atoms with Gasteiger partial charge in [-0.05, 0) is 37.6 Å². The smallest absolute Gasteiger partial charge is 0.256 e. The Hall–Kier alpha value is -3.86. The summed E-state index contributed by atoms with van der Waals surface area (Å²) >= 11 is 0. The fourth-order valence-corrected chi connectivity index (χ4v) is 3.54. The van der Waals surface area contributed by atoms with E-state index in [-0.39, 0.29) is 5.91 Å². The lowest BCUT2D eigenvalue weighted by atomic mass is 10.0. The van der Waals surface area contributed by atoms with Crippen molar-refractivity contribution in [3.05, 3.63) is 83.4 Å². The van der Waals surface area contributed by atoms with Crippen LogP contribution in [0, 0.1) is 13.8 Å². The van der Waals surface area contributed by atoms with Gasteiger partial charge in [-0.3, -0.25) is 4.79 Å². The number of ether oxygens (including phenoxy) is 2. The van der Waals surface area contributed by atoms with Crippen molar-refractivity contribution in [1.29, 1.82) is 0 Å². The van der Waals surface area contributed by atoms with Crippen molar-refractivity contribution in [2.24, 2.45) is 0 Å². The average molecular weight is 412 g/mol. The zero-order chi connectivity index (χ0) is 22.0. The molecule has 0 bridgehead atoms. The molecule has 0 saturated carbocycles. The number of carbonyl (C=O) groups is 1. The number of fused-ring (bicyclic) bond motifs is 1. The number of aromatic nitrogens is 1. The van der Waals surface area contributed by atoms with Crippen LogP contribution in [0.1, 0.15) is 21.5 Å². The van der Waals surface area contributed by atoms with E-state index in [4.69, 9.17) is 14.5 Å². The van der Waals surface area contributed by atoms with Gasteiger partial charge in [0.25, 0.3) is 5.91 Å². The molecule has 0 radical (unpaired) electrons. The molecular formula is C26H24N2O3. The molecule has 4 rings (SSSR count). The van der Waals surface area contributed by atoms with Crippen LogP contribution in [0.4, 0.5) is 5.69 Å². The standard InChI is InChI=1S/C26H24N2O3/c1-16-9-11-18(12-10-16)23-14-20(19-7-5-6-8-21(19)27-23)26(29)28-22-15-25(31-4)24(30-3)13-17(22)2/h5-15H,1-4H3,(H,28,29). The van der Waals surface area contributed by atoms with Crippen molar-refractivity contribution in [3.8, 4) is 22.8 Å². The summed E-state index contributed by atoms with van der Waals surface area (Å²) in [6.45, 7) is 3.96. The third-order valence-electron chi connectivity index (χ3n) is 5.29. The van der Waals surface area contributed by atoms with Crippen LogP contribution in [0.3, 0.4) is 0 Å². The van der Waals surface area contributed by atoms with Gasteiger partial charge in [-0.15, -0.1) is 0 Å². The SMILES string of the molecule is COc1cc(C)c(NC(=O)c2cc(-c3ccc(C)cc3)nc3ccccc23)cc1OC. The molecule has 1 amide bonds. The highest BCUT2D eigenvalue weighted by atomic mass is 16.5. The molecule has 1 heterocycles. The molecule has 3 aromatic carbocycles. The van der Waals surface area contributed by atoms with E-state index in [0.717, 1.165) is 27.7 Å². The number of amides is 1. The van der Waals surface area contributed by atoms with Crippen LogP contribution in [0.2, 0.25) is 0 Å². The zero-order valence-electron chi connectivity index (χ0n) is 18.0. The summed E-state index contributed by atoms with van der Waals surface area (Å²) < 4.78 is 10.7. The fraction of sp³-hybridized carbons (Fsp3) is 0.154. The number of hydrogen-bond donors (Lipinski definition) is 1. The van der Waals surface area contributed by atoms with Crippen molar-refractivity contribution in [1.82, 2.24) is 4.98 Å². The van der Waals surface area contributed by atoms with Gasteiger partial charge in [-0.2, -0.15) is 0 Å². The van der Waals surface area contributed by atoms with Crippen LogP contribution in [0.25, 0.3) is 22.2 Å². The van der Waals surface area contributed by atoms with Gasteiger partial charge >= 0.3 is 0 Å². The molecule has 0 spiro atoms. The number of hydrogen-bond acceptors (Lipinski definition) is 4. The Balaban J connectivity index is 1.78. The lowest BCUT2D eigenvalue weighted by molar-refractivity contribution is 0.102. The second-order valence-corrected chi connectivity index (χ2v) is 7.41.